The van der Waals surface area contributed by atoms with Crippen molar-refractivity contribution in [3.8, 4) is 0 Å². The summed E-state index contributed by atoms with van der Waals surface area (Å²) in [6.07, 6.45) is 8.91. The van der Waals surface area contributed by atoms with Gasteiger partial charge < -0.3 is 4.48 Å². The molecule has 0 aromatic carbocycles. The molecule has 1 atom stereocenters. The monoisotopic (exact) mass is 216 g/mol. The van der Waals surface area contributed by atoms with E-state index in [1.165, 1.54) is 32.1 Å². The molecule has 1 nitrogen and oxygen atoms in total. The second-order valence-electron chi connectivity index (χ2n) is 4.88. The van der Waals surface area contributed by atoms with Gasteiger partial charge in [-0.3, -0.25) is 0 Å². The van der Waals surface area contributed by atoms with Gasteiger partial charge in [0, 0.05) is 0 Å². The van der Waals surface area contributed by atoms with E-state index in [4.69, 9.17) is 11.6 Å². The van der Waals surface area contributed by atoms with Crippen molar-refractivity contribution in [3.05, 3.63) is 12.7 Å². The van der Waals surface area contributed by atoms with Crippen LogP contribution in [-0.4, -0.2) is 36.5 Å². The normalized spacial score (nSPS) is 21.9. The van der Waals surface area contributed by atoms with Gasteiger partial charge in [-0.25, -0.2) is 0 Å². The molecule has 1 saturated carbocycles. The highest BCUT2D eigenvalue weighted by atomic mass is 35.5. The zero-order valence-electron chi connectivity index (χ0n) is 9.51. The van der Waals surface area contributed by atoms with Crippen molar-refractivity contribution in [2.75, 3.05) is 20.0 Å². The van der Waals surface area contributed by atoms with E-state index in [0.717, 1.165) is 10.5 Å². The molecule has 0 N–H and O–H groups in total. The van der Waals surface area contributed by atoms with Crippen molar-refractivity contribution in [1.82, 2.24) is 0 Å². The van der Waals surface area contributed by atoms with Crippen molar-refractivity contribution in [2.45, 2.75) is 44.2 Å². The Morgan fingerprint density at radius 3 is 2.36 bits per heavy atom. The van der Waals surface area contributed by atoms with E-state index < -0.39 is 0 Å². The SMILES string of the molecule is C=CC(CCl)[N+](C)(C)C1CCCCC1. The second kappa shape index (κ2) is 5.18. The van der Waals surface area contributed by atoms with Crippen LogP contribution in [0.2, 0.25) is 0 Å². The van der Waals surface area contributed by atoms with Crippen LogP contribution < -0.4 is 0 Å². The Kier molecular flexibility index (Phi) is 4.46. The number of hydrogen-bond acceptors (Lipinski definition) is 0. The maximum Gasteiger partial charge on any atom is 0.121 e. The number of rotatable bonds is 4. The minimum atomic E-state index is 0.403. The lowest BCUT2D eigenvalue weighted by Crippen LogP contribution is -2.56. The van der Waals surface area contributed by atoms with Gasteiger partial charge in [-0.05, 0) is 31.8 Å². The second-order valence-corrected chi connectivity index (χ2v) is 5.19. The summed E-state index contributed by atoms with van der Waals surface area (Å²) < 4.78 is 1.02. The molecular weight excluding hydrogens is 194 g/mol. The van der Waals surface area contributed by atoms with Crippen LogP contribution in [0.25, 0.3) is 0 Å². The Labute approximate surface area is 93.3 Å². The van der Waals surface area contributed by atoms with Gasteiger partial charge in [-0.15, -0.1) is 11.6 Å². The molecule has 1 fully saturated rings. The molecule has 0 radical (unpaired) electrons. The topological polar surface area (TPSA) is 0 Å². The predicted molar refractivity (Wildman–Crippen MR) is 63.7 cm³/mol. The van der Waals surface area contributed by atoms with Crippen LogP contribution in [0.15, 0.2) is 12.7 Å². The fraction of sp³-hybridized carbons (Fsp3) is 0.833. The van der Waals surface area contributed by atoms with Crippen molar-refractivity contribution in [3.63, 3.8) is 0 Å². The largest absolute Gasteiger partial charge is 0.319 e. The summed E-state index contributed by atoms with van der Waals surface area (Å²) in [5, 5.41) is 0. The molecule has 0 amide bonds. The van der Waals surface area contributed by atoms with Gasteiger partial charge in [0.15, 0.2) is 0 Å². The molecule has 1 aliphatic rings. The number of halogens is 1. The van der Waals surface area contributed by atoms with Gasteiger partial charge in [-0.1, -0.05) is 13.0 Å². The average Bonchev–Trinajstić information content (AvgIpc) is 2.20. The summed E-state index contributed by atoms with van der Waals surface area (Å²) in [5.74, 6) is 0.688. The Morgan fingerprint density at radius 2 is 1.93 bits per heavy atom. The molecule has 14 heavy (non-hydrogen) atoms. The lowest BCUT2D eigenvalue weighted by Gasteiger charge is -2.44. The molecule has 0 bridgehead atoms. The third kappa shape index (κ3) is 2.52. The van der Waals surface area contributed by atoms with Gasteiger partial charge in [0.2, 0.25) is 0 Å². The van der Waals surface area contributed by atoms with Crippen LogP contribution in [0.1, 0.15) is 32.1 Å². The molecule has 1 aliphatic carbocycles. The summed E-state index contributed by atoms with van der Waals surface area (Å²) >= 11 is 5.98. The van der Waals surface area contributed by atoms with E-state index in [9.17, 15) is 0 Å². The Hall–Kier alpha value is -0.0100. The third-order valence-corrected chi connectivity index (χ3v) is 4.12. The summed E-state index contributed by atoms with van der Waals surface area (Å²) in [7, 11) is 4.59. The number of nitrogens with zero attached hydrogens (tertiary/aromatic N) is 1. The summed E-state index contributed by atoms with van der Waals surface area (Å²) in [6.45, 7) is 3.89. The Balaban J connectivity index is 2.65. The third-order valence-electron chi connectivity index (χ3n) is 3.80. The van der Waals surface area contributed by atoms with Gasteiger partial charge in [0.25, 0.3) is 0 Å². The number of alkyl halides is 1. The predicted octanol–water partition coefficient (Wildman–Crippen LogP) is 3.19. The molecule has 0 aromatic heterocycles. The molecular formula is C12H23ClN+. The van der Waals surface area contributed by atoms with Crippen LogP contribution in [0.4, 0.5) is 0 Å². The highest BCUT2D eigenvalue weighted by Gasteiger charge is 2.34. The van der Waals surface area contributed by atoms with Gasteiger partial charge in [0.05, 0.1) is 26.0 Å². The minimum Gasteiger partial charge on any atom is -0.319 e. The Bertz CT molecular complexity index is 183. The highest BCUT2D eigenvalue weighted by Crippen LogP contribution is 2.28. The van der Waals surface area contributed by atoms with E-state index in [0.29, 0.717) is 11.9 Å². The van der Waals surface area contributed by atoms with Crippen LogP contribution in [-0.2, 0) is 0 Å². The van der Waals surface area contributed by atoms with E-state index in [1.807, 2.05) is 6.08 Å². The van der Waals surface area contributed by atoms with Crippen LogP contribution in [0, 0.1) is 0 Å². The molecule has 0 heterocycles. The van der Waals surface area contributed by atoms with E-state index in [1.54, 1.807) is 0 Å². The first-order valence-corrected chi connectivity index (χ1v) is 6.18. The highest BCUT2D eigenvalue weighted by molar-refractivity contribution is 6.18. The van der Waals surface area contributed by atoms with Crippen LogP contribution in [0.3, 0.4) is 0 Å². The van der Waals surface area contributed by atoms with Crippen LogP contribution in [0.5, 0.6) is 0 Å². The smallest absolute Gasteiger partial charge is 0.121 e. The molecule has 0 aliphatic heterocycles. The maximum absolute atomic E-state index is 5.98. The first-order valence-electron chi connectivity index (χ1n) is 5.64. The van der Waals surface area contributed by atoms with E-state index in [-0.39, 0.29) is 0 Å². The van der Waals surface area contributed by atoms with Crippen molar-refractivity contribution >= 4 is 11.6 Å². The maximum atomic E-state index is 5.98. The molecule has 0 spiro atoms. The minimum absolute atomic E-state index is 0.403. The summed E-state index contributed by atoms with van der Waals surface area (Å²) in [4.78, 5) is 0. The fourth-order valence-electron chi connectivity index (χ4n) is 2.53. The van der Waals surface area contributed by atoms with E-state index >= 15 is 0 Å². The fourth-order valence-corrected chi connectivity index (χ4v) is 3.01. The van der Waals surface area contributed by atoms with Crippen molar-refractivity contribution in [2.24, 2.45) is 0 Å². The molecule has 0 saturated heterocycles. The van der Waals surface area contributed by atoms with Crippen molar-refractivity contribution in [1.29, 1.82) is 0 Å². The van der Waals surface area contributed by atoms with Gasteiger partial charge >= 0.3 is 0 Å². The lowest BCUT2D eigenvalue weighted by molar-refractivity contribution is -0.931. The molecule has 0 aromatic rings. The van der Waals surface area contributed by atoms with Gasteiger partial charge in [0.1, 0.15) is 6.04 Å². The average molecular weight is 217 g/mol. The van der Waals surface area contributed by atoms with Crippen molar-refractivity contribution < 1.29 is 4.48 Å². The zero-order chi connectivity index (χ0) is 10.6. The van der Waals surface area contributed by atoms with Gasteiger partial charge in [-0.2, -0.15) is 0 Å². The standard InChI is InChI=1S/C12H23ClN/c1-4-11(10-13)14(2,3)12-8-6-5-7-9-12/h4,11-12H,1,5-10H2,2-3H3/q+1. The number of hydrogen-bond donors (Lipinski definition) is 0. The quantitative estimate of drug-likeness (QED) is 0.385. The lowest BCUT2D eigenvalue weighted by atomic mass is 9.92. The molecule has 82 valence electrons. The number of quaternary nitrogens is 1. The van der Waals surface area contributed by atoms with Crippen LogP contribution >= 0.6 is 11.6 Å². The first-order chi connectivity index (χ1) is 6.62. The molecule has 2 heteroatoms. The molecule has 1 rings (SSSR count). The van der Waals surface area contributed by atoms with E-state index in [2.05, 4.69) is 20.7 Å². The first kappa shape index (κ1) is 12.1. The summed E-state index contributed by atoms with van der Waals surface area (Å²) in [6, 6.07) is 1.19. The number of likely N-dealkylation sites (N-methyl/N-ethyl adjacent to an activating group) is 1. The Morgan fingerprint density at radius 1 is 1.36 bits per heavy atom. The zero-order valence-corrected chi connectivity index (χ0v) is 10.3. The molecule has 1 unspecified atom stereocenters. The summed E-state index contributed by atoms with van der Waals surface area (Å²) in [5.41, 5.74) is 0.